The average Bonchev–Trinajstić information content (AvgIpc) is 3.14. The van der Waals surface area contributed by atoms with Crippen molar-refractivity contribution in [2.24, 2.45) is 0 Å². The summed E-state index contributed by atoms with van der Waals surface area (Å²) in [5, 5.41) is 13.4. The van der Waals surface area contributed by atoms with Gasteiger partial charge in [0.15, 0.2) is 0 Å². The number of nitrogens with one attached hydrogen (secondary N) is 1. The number of carbonyl (C=O) groups is 1. The number of aromatic amines is 1. The maximum atomic E-state index is 12.8. The number of amides is 1. The Morgan fingerprint density at radius 3 is 2.91 bits per heavy atom. The lowest BCUT2D eigenvalue weighted by Gasteiger charge is -2.35. The van der Waals surface area contributed by atoms with Crippen LogP contribution in [0.3, 0.4) is 0 Å². The fourth-order valence-corrected chi connectivity index (χ4v) is 3.27. The second kappa shape index (κ2) is 6.29. The average molecular weight is 311 g/mol. The van der Waals surface area contributed by atoms with Gasteiger partial charge in [0.25, 0.3) is 5.91 Å². The maximum absolute atomic E-state index is 12.8. The molecular weight excluding hydrogens is 290 g/mol. The summed E-state index contributed by atoms with van der Waals surface area (Å²) in [5.74, 6) is -0.00557. The topological polar surface area (TPSA) is 77.7 Å². The molecule has 0 radical (unpaired) electrons. The predicted octanol–water partition coefficient (Wildman–Crippen LogP) is 2.39. The summed E-state index contributed by atoms with van der Waals surface area (Å²) >= 11 is 0. The Morgan fingerprint density at radius 1 is 1.43 bits per heavy atom. The third-order valence-electron chi connectivity index (χ3n) is 4.43. The number of aromatic nitrogens is 3. The van der Waals surface area contributed by atoms with Crippen LogP contribution in [0.1, 0.15) is 46.7 Å². The van der Waals surface area contributed by atoms with Crippen molar-refractivity contribution in [1.29, 1.82) is 5.26 Å². The zero-order valence-electron chi connectivity index (χ0n) is 13.5. The number of likely N-dealkylation sites (tertiary alicyclic amines) is 1. The van der Waals surface area contributed by atoms with Gasteiger partial charge in [-0.05, 0) is 45.2 Å². The molecule has 0 bridgehead atoms. The van der Waals surface area contributed by atoms with Gasteiger partial charge in [0, 0.05) is 18.4 Å². The van der Waals surface area contributed by atoms with Crippen LogP contribution >= 0.6 is 0 Å². The Labute approximate surface area is 135 Å². The van der Waals surface area contributed by atoms with Gasteiger partial charge in [-0.25, -0.2) is 0 Å². The first kappa shape index (κ1) is 15.3. The van der Waals surface area contributed by atoms with E-state index in [0.717, 1.165) is 43.7 Å². The van der Waals surface area contributed by atoms with Gasteiger partial charge < -0.3 is 9.88 Å². The molecule has 0 aliphatic carbocycles. The minimum Gasteiger partial charge on any atom is -0.352 e. The van der Waals surface area contributed by atoms with Gasteiger partial charge in [-0.15, -0.1) is 0 Å². The van der Waals surface area contributed by atoms with Gasteiger partial charge in [-0.3, -0.25) is 9.48 Å². The highest BCUT2D eigenvalue weighted by Crippen LogP contribution is 2.22. The van der Waals surface area contributed by atoms with Crippen molar-refractivity contribution in [1.82, 2.24) is 19.7 Å². The van der Waals surface area contributed by atoms with Crippen LogP contribution in [0.15, 0.2) is 18.3 Å². The van der Waals surface area contributed by atoms with Gasteiger partial charge >= 0.3 is 0 Å². The monoisotopic (exact) mass is 311 g/mol. The number of H-pyrrole nitrogens is 1. The van der Waals surface area contributed by atoms with E-state index in [-0.39, 0.29) is 11.9 Å². The van der Waals surface area contributed by atoms with Crippen LogP contribution in [0, 0.1) is 25.2 Å². The van der Waals surface area contributed by atoms with E-state index >= 15 is 0 Å². The zero-order valence-corrected chi connectivity index (χ0v) is 13.5. The summed E-state index contributed by atoms with van der Waals surface area (Å²) < 4.78 is 1.99. The molecule has 1 aliphatic rings. The summed E-state index contributed by atoms with van der Waals surface area (Å²) in [5.41, 5.74) is 3.09. The highest BCUT2D eigenvalue weighted by atomic mass is 16.2. The van der Waals surface area contributed by atoms with E-state index in [1.165, 1.54) is 0 Å². The number of hydrogen-bond acceptors (Lipinski definition) is 3. The fraction of sp³-hybridized carbons (Fsp3) is 0.471. The van der Waals surface area contributed by atoms with E-state index in [2.05, 4.69) is 16.1 Å². The van der Waals surface area contributed by atoms with Crippen LogP contribution < -0.4 is 0 Å². The van der Waals surface area contributed by atoms with Crippen molar-refractivity contribution in [2.75, 3.05) is 6.54 Å². The summed E-state index contributed by atoms with van der Waals surface area (Å²) in [4.78, 5) is 17.5. The predicted molar refractivity (Wildman–Crippen MR) is 85.9 cm³/mol. The van der Waals surface area contributed by atoms with Crippen LogP contribution in [0.5, 0.6) is 0 Å². The normalized spacial score (nSPS) is 18.0. The molecule has 1 N–H and O–H groups in total. The van der Waals surface area contributed by atoms with Crippen molar-refractivity contribution in [3.05, 3.63) is 41.0 Å². The van der Waals surface area contributed by atoms with Crippen molar-refractivity contribution in [3.8, 4) is 6.07 Å². The Hall–Kier alpha value is -2.55. The van der Waals surface area contributed by atoms with Crippen LogP contribution in [0.4, 0.5) is 0 Å². The minimum atomic E-state index is -0.00557. The van der Waals surface area contributed by atoms with E-state index in [1.807, 2.05) is 29.5 Å². The molecule has 6 nitrogen and oxygen atoms in total. The summed E-state index contributed by atoms with van der Waals surface area (Å²) in [6, 6.07) is 5.85. The molecule has 2 aromatic rings. The minimum absolute atomic E-state index is 0.00557. The van der Waals surface area contributed by atoms with Crippen molar-refractivity contribution in [2.45, 2.75) is 45.7 Å². The second-order valence-corrected chi connectivity index (χ2v) is 6.17. The third kappa shape index (κ3) is 3.14. The number of aryl methyl sites for hydroxylation is 2. The van der Waals surface area contributed by atoms with Gasteiger partial charge in [0.1, 0.15) is 11.8 Å². The smallest absolute Gasteiger partial charge is 0.255 e. The summed E-state index contributed by atoms with van der Waals surface area (Å²) in [7, 11) is 0. The van der Waals surface area contributed by atoms with Crippen molar-refractivity contribution >= 4 is 5.91 Å². The van der Waals surface area contributed by atoms with Crippen molar-refractivity contribution < 1.29 is 4.79 Å². The SMILES string of the molecule is Cc1cc(C)n(CC2CCCCN2C(=O)c2c[nH]c(C#N)c2)n1. The van der Waals surface area contributed by atoms with Crippen LogP contribution in [-0.2, 0) is 6.54 Å². The number of rotatable bonds is 3. The van der Waals surface area contributed by atoms with Crippen LogP contribution in [-0.4, -0.2) is 38.2 Å². The largest absolute Gasteiger partial charge is 0.352 e. The van der Waals surface area contributed by atoms with E-state index in [1.54, 1.807) is 12.3 Å². The lowest BCUT2D eigenvalue weighted by molar-refractivity contribution is 0.0583. The Bertz CT molecular complexity index is 751. The number of hydrogen-bond donors (Lipinski definition) is 1. The van der Waals surface area contributed by atoms with Crippen LogP contribution in [0.2, 0.25) is 0 Å². The highest BCUT2D eigenvalue weighted by Gasteiger charge is 2.28. The maximum Gasteiger partial charge on any atom is 0.255 e. The Morgan fingerprint density at radius 2 is 2.26 bits per heavy atom. The van der Waals surface area contributed by atoms with Crippen LogP contribution in [0.25, 0.3) is 0 Å². The highest BCUT2D eigenvalue weighted by molar-refractivity contribution is 5.94. The van der Waals surface area contributed by atoms with E-state index in [4.69, 9.17) is 5.26 Å². The molecule has 2 aromatic heterocycles. The molecule has 0 spiro atoms. The summed E-state index contributed by atoms with van der Waals surface area (Å²) in [6.45, 7) is 5.51. The molecule has 3 heterocycles. The molecule has 1 unspecified atom stereocenters. The number of nitriles is 1. The number of nitrogens with zero attached hydrogens (tertiary/aromatic N) is 4. The Balaban J connectivity index is 1.79. The fourth-order valence-electron chi connectivity index (χ4n) is 3.27. The molecule has 0 aromatic carbocycles. The van der Waals surface area contributed by atoms with Gasteiger partial charge in [0.2, 0.25) is 0 Å². The molecule has 0 saturated carbocycles. The quantitative estimate of drug-likeness (QED) is 0.945. The molecule has 120 valence electrons. The Kier molecular flexibility index (Phi) is 4.20. The standard InChI is InChI=1S/C17H21N5O/c1-12-7-13(2)22(20-12)11-16-5-3-4-6-21(16)17(23)14-8-15(9-18)19-10-14/h7-8,10,16,19H,3-6,11H2,1-2H3. The molecular formula is C17H21N5O. The first-order valence-corrected chi connectivity index (χ1v) is 7.99. The van der Waals surface area contributed by atoms with Gasteiger partial charge in [-0.1, -0.05) is 0 Å². The lowest BCUT2D eigenvalue weighted by Crippen LogP contribution is -2.46. The lowest BCUT2D eigenvalue weighted by atomic mass is 10.0. The van der Waals surface area contributed by atoms with Gasteiger partial charge in [-0.2, -0.15) is 10.4 Å². The first-order chi connectivity index (χ1) is 11.1. The zero-order chi connectivity index (χ0) is 16.4. The molecule has 1 saturated heterocycles. The molecule has 3 rings (SSSR count). The molecule has 1 fully saturated rings. The second-order valence-electron chi connectivity index (χ2n) is 6.17. The van der Waals surface area contributed by atoms with Crippen molar-refractivity contribution in [3.63, 3.8) is 0 Å². The number of carbonyl (C=O) groups excluding carboxylic acids is 1. The molecule has 1 atom stereocenters. The van der Waals surface area contributed by atoms with E-state index < -0.39 is 0 Å². The van der Waals surface area contributed by atoms with E-state index in [9.17, 15) is 4.79 Å². The molecule has 23 heavy (non-hydrogen) atoms. The van der Waals surface area contributed by atoms with E-state index in [0.29, 0.717) is 11.3 Å². The summed E-state index contributed by atoms with van der Waals surface area (Å²) in [6.07, 6.45) is 4.76. The molecule has 6 heteroatoms. The molecule has 1 amide bonds. The molecule has 1 aliphatic heterocycles. The first-order valence-electron chi connectivity index (χ1n) is 7.99. The van der Waals surface area contributed by atoms with Gasteiger partial charge in [0.05, 0.1) is 23.8 Å². The third-order valence-corrected chi connectivity index (χ3v) is 4.43. The number of piperidine rings is 1.